The van der Waals surface area contributed by atoms with E-state index in [1.807, 2.05) is 12.1 Å². The first kappa shape index (κ1) is 26.1. The molecule has 186 valence electrons. The van der Waals surface area contributed by atoms with Gasteiger partial charge in [-0.2, -0.15) is 0 Å². The molecule has 0 radical (unpaired) electrons. The summed E-state index contributed by atoms with van der Waals surface area (Å²) < 4.78 is 5.78. The molecule has 2 aliphatic carbocycles. The van der Waals surface area contributed by atoms with E-state index in [2.05, 4.69) is 33.8 Å². The van der Waals surface area contributed by atoms with Crippen molar-refractivity contribution in [2.45, 2.75) is 124 Å². The number of ether oxygens (including phenoxy) is 1. The molecule has 3 nitrogen and oxygen atoms in total. The fourth-order valence-corrected chi connectivity index (χ4v) is 7.17. The molecule has 5 atom stereocenters. The van der Waals surface area contributed by atoms with E-state index in [0.29, 0.717) is 29.4 Å². The van der Waals surface area contributed by atoms with Crippen molar-refractivity contribution in [3.05, 3.63) is 29.3 Å². The van der Waals surface area contributed by atoms with Crippen molar-refractivity contribution in [1.29, 1.82) is 0 Å². The third kappa shape index (κ3) is 6.34. The van der Waals surface area contributed by atoms with Gasteiger partial charge in [0.2, 0.25) is 0 Å². The van der Waals surface area contributed by atoms with Crippen LogP contribution < -0.4 is 0 Å². The van der Waals surface area contributed by atoms with Crippen molar-refractivity contribution >= 4 is 5.97 Å². The highest BCUT2D eigenvalue weighted by Crippen LogP contribution is 2.56. The van der Waals surface area contributed by atoms with Crippen molar-refractivity contribution < 1.29 is 14.6 Å². The molecule has 1 fully saturated rings. The summed E-state index contributed by atoms with van der Waals surface area (Å²) in [4.78, 5) is 11.7. The van der Waals surface area contributed by atoms with Gasteiger partial charge in [-0.05, 0) is 72.6 Å². The lowest BCUT2D eigenvalue weighted by molar-refractivity contribution is -0.152. The van der Waals surface area contributed by atoms with E-state index >= 15 is 0 Å². The highest BCUT2D eigenvalue weighted by Gasteiger charge is 2.52. The fraction of sp³-hybridized carbons (Fsp3) is 0.767. The van der Waals surface area contributed by atoms with Crippen molar-refractivity contribution in [2.75, 3.05) is 0 Å². The van der Waals surface area contributed by atoms with Gasteiger partial charge in [-0.15, -0.1) is 0 Å². The molecule has 0 amide bonds. The van der Waals surface area contributed by atoms with Crippen LogP contribution in [-0.2, 0) is 16.0 Å². The number of carbonyl (C=O) groups is 1. The maximum absolute atomic E-state index is 11.7. The Balaban J connectivity index is 1.71. The molecule has 1 N–H and O–H groups in total. The lowest BCUT2D eigenvalue weighted by atomic mass is 9.58. The van der Waals surface area contributed by atoms with Crippen LogP contribution in [0.4, 0.5) is 0 Å². The number of hydrogen-bond acceptors (Lipinski definition) is 3. The smallest absolute Gasteiger partial charge is 0.302 e. The number of carbonyl (C=O) groups excluding carboxylic acids is 1. The molecule has 3 rings (SSSR count). The van der Waals surface area contributed by atoms with Gasteiger partial charge in [0.1, 0.15) is 11.9 Å². The summed E-state index contributed by atoms with van der Waals surface area (Å²) in [6.45, 7) is 10.9. The van der Waals surface area contributed by atoms with E-state index in [9.17, 15) is 9.90 Å². The SMILES string of the molecule is CCCCCCCCCC[C@@H]1Cc2cc(O)ccc2C(C)C1C1CC[C@H](OC(C)=O)C1(C)C. The van der Waals surface area contributed by atoms with E-state index in [4.69, 9.17) is 4.74 Å². The first-order chi connectivity index (χ1) is 15.8. The summed E-state index contributed by atoms with van der Waals surface area (Å²) in [6, 6.07) is 6.01. The number of phenols is 1. The van der Waals surface area contributed by atoms with E-state index in [1.165, 1.54) is 68.9 Å². The van der Waals surface area contributed by atoms with E-state index < -0.39 is 0 Å². The predicted molar refractivity (Wildman–Crippen MR) is 136 cm³/mol. The average Bonchev–Trinajstić information content (AvgIpc) is 3.03. The molecule has 1 aromatic carbocycles. The van der Waals surface area contributed by atoms with Gasteiger partial charge in [0.05, 0.1) is 0 Å². The largest absolute Gasteiger partial charge is 0.508 e. The number of benzene rings is 1. The van der Waals surface area contributed by atoms with E-state index in [1.54, 1.807) is 6.92 Å². The zero-order valence-electron chi connectivity index (χ0n) is 21.9. The molecule has 0 bridgehead atoms. The van der Waals surface area contributed by atoms with Crippen LogP contribution in [0.3, 0.4) is 0 Å². The molecule has 1 aromatic rings. The Bertz CT molecular complexity index is 768. The third-order valence-electron chi connectivity index (χ3n) is 8.95. The zero-order chi connectivity index (χ0) is 24.0. The molecule has 3 unspecified atom stereocenters. The molecule has 33 heavy (non-hydrogen) atoms. The molecule has 2 aliphatic rings. The molecule has 0 saturated heterocycles. The van der Waals surface area contributed by atoms with E-state index in [0.717, 1.165) is 19.3 Å². The maximum atomic E-state index is 11.7. The van der Waals surface area contributed by atoms with Gasteiger partial charge in [-0.1, -0.05) is 85.1 Å². The average molecular weight is 457 g/mol. The number of phenolic OH excluding ortho intramolecular Hbond substituents is 1. The Labute approximate surface area is 202 Å². The topological polar surface area (TPSA) is 46.5 Å². The monoisotopic (exact) mass is 456 g/mol. The van der Waals surface area contributed by atoms with Crippen LogP contribution in [0.15, 0.2) is 18.2 Å². The second kappa shape index (κ2) is 11.8. The summed E-state index contributed by atoms with van der Waals surface area (Å²) in [6.07, 6.45) is 15.3. The Morgan fingerprint density at radius 2 is 1.73 bits per heavy atom. The quantitative estimate of drug-likeness (QED) is 0.270. The summed E-state index contributed by atoms with van der Waals surface area (Å²) in [7, 11) is 0. The number of unbranched alkanes of at least 4 members (excludes halogenated alkanes) is 7. The van der Waals surface area contributed by atoms with Crippen LogP contribution >= 0.6 is 0 Å². The summed E-state index contributed by atoms with van der Waals surface area (Å²) >= 11 is 0. The lowest BCUT2D eigenvalue weighted by Gasteiger charge is -2.46. The minimum Gasteiger partial charge on any atom is -0.508 e. The second-order valence-corrected chi connectivity index (χ2v) is 11.6. The number of fused-ring (bicyclic) bond motifs is 1. The Morgan fingerprint density at radius 3 is 2.39 bits per heavy atom. The van der Waals surface area contributed by atoms with Crippen molar-refractivity contribution in [2.24, 2.45) is 23.2 Å². The van der Waals surface area contributed by atoms with Crippen LogP contribution in [0.1, 0.15) is 122 Å². The van der Waals surface area contributed by atoms with E-state index in [-0.39, 0.29) is 17.5 Å². The number of hydrogen-bond donors (Lipinski definition) is 1. The van der Waals surface area contributed by atoms with Gasteiger partial charge in [-0.3, -0.25) is 4.79 Å². The van der Waals surface area contributed by atoms with Gasteiger partial charge in [0, 0.05) is 12.3 Å². The Morgan fingerprint density at radius 1 is 1.06 bits per heavy atom. The number of aromatic hydroxyl groups is 1. The molecular weight excluding hydrogens is 408 g/mol. The van der Waals surface area contributed by atoms with Crippen molar-refractivity contribution in [3.63, 3.8) is 0 Å². The standard InChI is InChI=1S/C30H48O3/c1-6-7-8-9-10-11-12-13-14-23-19-24-20-25(32)15-16-26(24)21(2)29(23)27-17-18-28(30(27,4)5)33-22(3)31/h15-16,20-21,23,27-29,32H,6-14,17-19H2,1-5H3/t21?,23-,27?,28+,29?/m1/s1. The van der Waals surface area contributed by atoms with Gasteiger partial charge >= 0.3 is 5.97 Å². The Kier molecular flexibility index (Phi) is 9.30. The van der Waals surface area contributed by atoms with Gasteiger partial charge in [0.25, 0.3) is 0 Å². The normalized spacial score (nSPS) is 28.5. The Hall–Kier alpha value is -1.51. The third-order valence-corrected chi connectivity index (χ3v) is 8.95. The minimum absolute atomic E-state index is 0.00343. The molecule has 0 heterocycles. The molecule has 1 saturated carbocycles. The highest BCUT2D eigenvalue weighted by atomic mass is 16.5. The molecule has 0 spiro atoms. The first-order valence-electron chi connectivity index (χ1n) is 13.7. The summed E-state index contributed by atoms with van der Waals surface area (Å²) in [5.41, 5.74) is 2.75. The van der Waals surface area contributed by atoms with Gasteiger partial charge < -0.3 is 9.84 Å². The zero-order valence-corrected chi connectivity index (χ0v) is 21.9. The molecule has 0 aromatic heterocycles. The highest BCUT2D eigenvalue weighted by molar-refractivity contribution is 5.66. The molecule has 0 aliphatic heterocycles. The van der Waals surface area contributed by atoms with Crippen molar-refractivity contribution in [3.8, 4) is 5.75 Å². The van der Waals surface area contributed by atoms with Crippen LogP contribution in [0, 0.1) is 23.2 Å². The lowest BCUT2D eigenvalue weighted by Crippen LogP contribution is -2.42. The van der Waals surface area contributed by atoms with Crippen molar-refractivity contribution in [1.82, 2.24) is 0 Å². The second-order valence-electron chi connectivity index (χ2n) is 11.6. The fourth-order valence-electron chi connectivity index (χ4n) is 7.17. The van der Waals surface area contributed by atoms with Crippen LogP contribution in [0.25, 0.3) is 0 Å². The number of rotatable bonds is 11. The summed E-state index contributed by atoms with van der Waals surface area (Å²) in [5.74, 6) is 2.49. The summed E-state index contributed by atoms with van der Waals surface area (Å²) in [5, 5.41) is 10.1. The van der Waals surface area contributed by atoms with Crippen LogP contribution in [0.5, 0.6) is 5.75 Å². The van der Waals surface area contributed by atoms with Crippen LogP contribution in [0.2, 0.25) is 0 Å². The predicted octanol–water partition coefficient (Wildman–Crippen LogP) is 8.18. The van der Waals surface area contributed by atoms with Crippen LogP contribution in [-0.4, -0.2) is 17.2 Å². The van der Waals surface area contributed by atoms with Gasteiger partial charge in [-0.25, -0.2) is 0 Å². The van der Waals surface area contributed by atoms with Gasteiger partial charge in [0.15, 0.2) is 0 Å². The minimum atomic E-state index is -0.151. The first-order valence-corrected chi connectivity index (χ1v) is 13.7. The molecular formula is C30H48O3. The molecule has 3 heteroatoms. The maximum Gasteiger partial charge on any atom is 0.302 e. The number of esters is 1.